The van der Waals surface area contributed by atoms with Crippen molar-refractivity contribution >= 4 is 12.2 Å². The van der Waals surface area contributed by atoms with Crippen LogP contribution in [0.15, 0.2) is 0 Å². The normalized spacial score (nSPS) is 15.4. The number of carbonyl (C=O) groups excluding carboxylic acids is 1. The summed E-state index contributed by atoms with van der Waals surface area (Å²) in [5.41, 5.74) is 0. The molecule has 1 rings (SSSR count). The van der Waals surface area contributed by atoms with E-state index >= 15 is 0 Å². The first-order valence-electron chi connectivity index (χ1n) is 6.21. The van der Waals surface area contributed by atoms with Crippen molar-refractivity contribution in [1.29, 1.82) is 0 Å². The van der Waals surface area contributed by atoms with Gasteiger partial charge < -0.3 is 25.0 Å². The summed E-state index contributed by atoms with van der Waals surface area (Å²) in [6.45, 7) is 7.88. The average Bonchev–Trinajstić information content (AvgIpc) is 2.28. The molecule has 0 spiro atoms. The van der Waals surface area contributed by atoms with Gasteiger partial charge in [-0.25, -0.2) is 9.59 Å². The third-order valence-corrected chi connectivity index (χ3v) is 2.98. The zero-order valence-corrected chi connectivity index (χ0v) is 10.9. The van der Waals surface area contributed by atoms with E-state index in [0.29, 0.717) is 6.54 Å². The van der Waals surface area contributed by atoms with E-state index in [1.165, 1.54) is 4.90 Å². The molecule has 0 aliphatic carbocycles. The van der Waals surface area contributed by atoms with Gasteiger partial charge in [-0.1, -0.05) is 13.8 Å². The predicted molar refractivity (Wildman–Crippen MR) is 65.7 cm³/mol. The predicted octanol–water partition coefficient (Wildman–Crippen LogP) is 0.417. The molecule has 7 heteroatoms. The van der Waals surface area contributed by atoms with Crippen LogP contribution in [-0.2, 0) is 4.74 Å². The Morgan fingerprint density at radius 3 is 2.50 bits per heavy atom. The molecule has 0 aromatic carbocycles. The number of carbonyl (C=O) groups is 2. The highest BCUT2D eigenvalue weighted by Crippen LogP contribution is 2.11. The summed E-state index contributed by atoms with van der Waals surface area (Å²) >= 11 is 0. The Morgan fingerprint density at radius 1 is 1.39 bits per heavy atom. The third kappa shape index (κ3) is 4.40. The maximum atomic E-state index is 11.4. The quantitative estimate of drug-likeness (QED) is 0.722. The third-order valence-electron chi connectivity index (χ3n) is 2.98. The van der Waals surface area contributed by atoms with Crippen LogP contribution < -0.4 is 5.32 Å². The minimum Gasteiger partial charge on any atom is -0.465 e. The van der Waals surface area contributed by atoms with Crippen molar-refractivity contribution in [2.24, 2.45) is 0 Å². The van der Waals surface area contributed by atoms with E-state index in [-0.39, 0.29) is 19.2 Å². The number of hydrogen-bond acceptors (Lipinski definition) is 4. The van der Waals surface area contributed by atoms with E-state index in [1.54, 1.807) is 0 Å². The number of carboxylic acid groups (broad SMARTS) is 1. The van der Waals surface area contributed by atoms with Crippen LogP contribution in [0.2, 0.25) is 0 Å². The summed E-state index contributed by atoms with van der Waals surface area (Å²) in [6.07, 6.45) is -1.76. The molecule has 18 heavy (non-hydrogen) atoms. The lowest BCUT2D eigenvalue weighted by Crippen LogP contribution is -2.55. The van der Waals surface area contributed by atoms with Crippen molar-refractivity contribution in [2.75, 3.05) is 39.3 Å². The van der Waals surface area contributed by atoms with Crippen molar-refractivity contribution in [3.05, 3.63) is 0 Å². The van der Waals surface area contributed by atoms with Gasteiger partial charge in [0.1, 0.15) is 6.10 Å². The second-order valence-electron chi connectivity index (χ2n) is 4.17. The standard InChI is InChI=1S/C11H21N3O4/c1-3-13(4-2)6-5-12-10(15)18-9-7-14(8-9)11(16)17/h9H,3-8H2,1-2H3,(H,12,15)(H,16,17). The van der Waals surface area contributed by atoms with Crippen molar-refractivity contribution in [3.63, 3.8) is 0 Å². The fourth-order valence-corrected chi connectivity index (χ4v) is 1.72. The highest BCUT2D eigenvalue weighted by Gasteiger charge is 2.33. The Kier molecular flexibility index (Phi) is 5.70. The summed E-state index contributed by atoms with van der Waals surface area (Å²) in [5, 5.41) is 11.3. The number of hydrogen-bond donors (Lipinski definition) is 2. The molecule has 0 radical (unpaired) electrons. The number of amides is 2. The fraction of sp³-hybridized carbons (Fsp3) is 0.818. The molecule has 0 aromatic heterocycles. The molecule has 1 fully saturated rings. The van der Waals surface area contributed by atoms with Crippen LogP contribution in [0.4, 0.5) is 9.59 Å². The first kappa shape index (κ1) is 14.6. The molecule has 1 aliphatic rings. The number of rotatable bonds is 6. The number of nitrogens with zero attached hydrogens (tertiary/aromatic N) is 2. The van der Waals surface area contributed by atoms with Crippen LogP contribution in [0.3, 0.4) is 0 Å². The van der Waals surface area contributed by atoms with E-state index in [0.717, 1.165) is 19.6 Å². The van der Waals surface area contributed by atoms with Gasteiger partial charge in [0.05, 0.1) is 13.1 Å². The number of ether oxygens (including phenoxy) is 1. The highest BCUT2D eigenvalue weighted by molar-refractivity contribution is 5.69. The molecule has 0 atom stereocenters. The van der Waals surface area contributed by atoms with E-state index < -0.39 is 12.2 Å². The number of nitrogens with one attached hydrogen (secondary N) is 1. The molecule has 0 unspecified atom stereocenters. The van der Waals surface area contributed by atoms with Gasteiger partial charge in [0, 0.05) is 13.1 Å². The van der Waals surface area contributed by atoms with Gasteiger partial charge in [0.15, 0.2) is 0 Å². The SMILES string of the molecule is CCN(CC)CCNC(=O)OC1CN(C(=O)O)C1. The highest BCUT2D eigenvalue weighted by atomic mass is 16.6. The molecule has 1 aliphatic heterocycles. The van der Waals surface area contributed by atoms with Crippen LogP contribution in [0.25, 0.3) is 0 Å². The van der Waals surface area contributed by atoms with Crippen molar-refractivity contribution in [2.45, 2.75) is 20.0 Å². The number of likely N-dealkylation sites (tertiary alicyclic amines) is 1. The van der Waals surface area contributed by atoms with Gasteiger partial charge in [-0.2, -0.15) is 0 Å². The molecule has 2 amide bonds. The van der Waals surface area contributed by atoms with E-state index in [2.05, 4.69) is 24.1 Å². The lowest BCUT2D eigenvalue weighted by Gasteiger charge is -2.35. The van der Waals surface area contributed by atoms with Crippen LogP contribution in [-0.4, -0.2) is 72.5 Å². The molecular weight excluding hydrogens is 238 g/mol. The van der Waals surface area contributed by atoms with Gasteiger partial charge in [-0.05, 0) is 13.1 Å². The van der Waals surface area contributed by atoms with Crippen LogP contribution in [0.5, 0.6) is 0 Å². The van der Waals surface area contributed by atoms with Crippen molar-refractivity contribution < 1.29 is 19.4 Å². The molecule has 0 saturated carbocycles. The van der Waals surface area contributed by atoms with Crippen molar-refractivity contribution in [1.82, 2.24) is 15.1 Å². The van der Waals surface area contributed by atoms with Gasteiger partial charge in [0.25, 0.3) is 0 Å². The Balaban J connectivity index is 2.07. The summed E-state index contributed by atoms with van der Waals surface area (Å²) in [7, 11) is 0. The van der Waals surface area contributed by atoms with Gasteiger partial charge in [0.2, 0.25) is 0 Å². The van der Waals surface area contributed by atoms with E-state index in [9.17, 15) is 9.59 Å². The minimum atomic E-state index is -0.975. The molecule has 0 aromatic rings. The molecule has 0 bridgehead atoms. The van der Waals surface area contributed by atoms with Gasteiger partial charge in [-0.15, -0.1) is 0 Å². The Morgan fingerprint density at radius 2 is 2.00 bits per heavy atom. The maximum absolute atomic E-state index is 11.4. The number of likely N-dealkylation sites (N-methyl/N-ethyl adjacent to an activating group) is 1. The fourth-order valence-electron chi connectivity index (χ4n) is 1.72. The summed E-state index contributed by atoms with van der Waals surface area (Å²) in [5.74, 6) is 0. The second-order valence-corrected chi connectivity index (χ2v) is 4.17. The molecule has 104 valence electrons. The van der Waals surface area contributed by atoms with Crippen LogP contribution in [0, 0.1) is 0 Å². The van der Waals surface area contributed by atoms with Crippen LogP contribution in [0.1, 0.15) is 13.8 Å². The monoisotopic (exact) mass is 259 g/mol. The van der Waals surface area contributed by atoms with E-state index in [1.807, 2.05) is 0 Å². The zero-order valence-electron chi connectivity index (χ0n) is 10.9. The minimum absolute atomic E-state index is 0.263. The largest absolute Gasteiger partial charge is 0.465 e. The molecule has 1 heterocycles. The first-order valence-corrected chi connectivity index (χ1v) is 6.21. The Bertz CT molecular complexity index is 288. The van der Waals surface area contributed by atoms with Gasteiger partial charge >= 0.3 is 12.2 Å². The zero-order chi connectivity index (χ0) is 13.5. The summed E-state index contributed by atoms with van der Waals surface area (Å²) in [4.78, 5) is 25.2. The molecular formula is C11H21N3O4. The smallest absolute Gasteiger partial charge is 0.407 e. The van der Waals surface area contributed by atoms with Gasteiger partial charge in [-0.3, -0.25) is 0 Å². The topological polar surface area (TPSA) is 82.1 Å². The molecule has 7 nitrogen and oxygen atoms in total. The lowest BCUT2D eigenvalue weighted by atomic mass is 10.2. The summed E-state index contributed by atoms with van der Waals surface area (Å²) in [6, 6.07) is 0. The summed E-state index contributed by atoms with van der Waals surface area (Å²) < 4.78 is 5.04. The second kappa shape index (κ2) is 7.05. The molecule has 1 saturated heterocycles. The molecule has 2 N–H and O–H groups in total. The first-order chi connectivity index (χ1) is 8.56. The lowest BCUT2D eigenvalue weighted by molar-refractivity contribution is -0.00524. The van der Waals surface area contributed by atoms with Crippen LogP contribution >= 0.6 is 0 Å². The Labute approximate surface area is 107 Å². The average molecular weight is 259 g/mol. The Hall–Kier alpha value is -1.50. The number of alkyl carbamates (subject to hydrolysis) is 1. The maximum Gasteiger partial charge on any atom is 0.407 e. The van der Waals surface area contributed by atoms with Crippen molar-refractivity contribution in [3.8, 4) is 0 Å². The van der Waals surface area contributed by atoms with E-state index in [4.69, 9.17) is 9.84 Å².